The first kappa shape index (κ1) is 18.5. The summed E-state index contributed by atoms with van der Waals surface area (Å²) in [5.41, 5.74) is -0.772. The van der Waals surface area contributed by atoms with Crippen molar-refractivity contribution >= 4 is 17.6 Å². The largest absolute Gasteiger partial charge is 0.416 e. The molecular weight excluding hydrogens is 339 g/mol. The van der Waals surface area contributed by atoms with E-state index in [9.17, 15) is 22.8 Å². The number of carbonyl (C=O) groups is 2. The Morgan fingerprint density at radius 1 is 1.24 bits per heavy atom. The first-order valence-corrected chi connectivity index (χ1v) is 7.40. The number of amides is 2. The lowest BCUT2D eigenvalue weighted by molar-refractivity contribution is -0.137. The summed E-state index contributed by atoms with van der Waals surface area (Å²) in [5, 5.41) is 6.08. The van der Waals surface area contributed by atoms with E-state index in [0.29, 0.717) is 5.76 Å². The van der Waals surface area contributed by atoms with Gasteiger partial charge in [0, 0.05) is 18.2 Å². The third-order valence-corrected chi connectivity index (χ3v) is 3.36. The van der Waals surface area contributed by atoms with Gasteiger partial charge in [-0.3, -0.25) is 9.59 Å². The van der Waals surface area contributed by atoms with Crippen LogP contribution in [0.25, 0.3) is 0 Å². The van der Waals surface area contributed by atoms with Crippen LogP contribution in [0.2, 0.25) is 0 Å². The van der Waals surface area contributed by atoms with Gasteiger partial charge in [0.1, 0.15) is 12.3 Å². The summed E-state index contributed by atoms with van der Waals surface area (Å²) in [6.07, 6.45) is -4.47. The molecule has 0 unspecified atom stereocenters. The van der Waals surface area contributed by atoms with Crippen LogP contribution in [0.4, 0.5) is 19.0 Å². The SMILES string of the molecule is CCN(CC(=O)Nc1cc(C)on1)C(=O)c1ccc(C(F)(F)F)cc1. The number of benzene rings is 1. The third-order valence-electron chi connectivity index (χ3n) is 3.36. The molecule has 0 saturated heterocycles. The van der Waals surface area contributed by atoms with E-state index in [1.54, 1.807) is 13.8 Å². The number of hydrogen-bond acceptors (Lipinski definition) is 4. The number of carbonyl (C=O) groups excluding carboxylic acids is 2. The second kappa shape index (κ2) is 7.37. The van der Waals surface area contributed by atoms with Crippen LogP contribution in [-0.4, -0.2) is 35.0 Å². The number of hydrogen-bond donors (Lipinski definition) is 1. The lowest BCUT2D eigenvalue weighted by Gasteiger charge is -2.20. The minimum absolute atomic E-state index is 0.0694. The molecule has 1 aromatic carbocycles. The van der Waals surface area contributed by atoms with Crippen LogP contribution in [0.15, 0.2) is 34.9 Å². The number of rotatable bonds is 5. The van der Waals surface area contributed by atoms with Gasteiger partial charge in [-0.15, -0.1) is 0 Å². The van der Waals surface area contributed by atoms with Crippen LogP contribution in [0.5, 0.6) is 0 Å². The first-order valence-electron chi connectivity index (χ1n) is 7.40. The maximum absolute atomic E-state index is 12.6. The number of aryl methyl sites for hydroxylation is 1. The van der Waals surface area contributed by atoms with Crippen molar-refractivity contribution in [2.45, 2.75) is 20.0 Å². The molecule has 2 aromatic rings. The monoisotopic (exact) mass is 355 g/mol. The molecule has 0 aliphatic heterocycles. The van der Waals surface area contributed by atoms with Crippen molar-refractivity contribution in [1.29, 1.82) is 0 Å². The molecule has 1 N–H and O–H groups in total. The van der Waals surface area contributed by atoms with Crippen molar-refractivity contribution in [3.8, 4) is 0 Å². The number of nitrogens with zero attached hydrogens (tertiary/aromatic N) is 2. The van der Waals surface area contributed by atoms with Crippen molar-refractivity contribution < 1.29 is 27.3 Å². The second-order valence-electron chi connectivity index (χ2n) is 5.27. The van der Waals surface area contributed by atoms with Gasteiger partial charge in [-0.25, -0.2) is 0 Å². The van der Waals surface area contributed by atoms with E-state index in [1.807, 2.05) is 0 Å². The van der Waals surface area contributed by atoms with Crippen molar-refractivity contribution in [3.63, 3.8) is 0 Å². The first-order chi connectivity index (χ1) is 11.7. The van der Waals surface area contributed by atoms with E-state index in [0.717, 1.165) is 24.3 Å². The van der Waals surface area contributed by atoms with E-state index >= 15 is 0 Å². The molecule has 0 atom stereocenters. The summed E-state index contributed by atoms with van der Waals surface area (Å²) in [6, 6.07) is 5.37. The van der Waals surface area contributed by atoms with Crippen LogP contribution in [-0.2, 0) is 11.0 Å². The lowest BCUT2D eigenvalue weighted by Crippen LogP contribution is -2.37. The number of anilines is 1. The van der Waals surface area contributed by atoms with Gasteiger partial charge in [-0.1, -0.05) is 5.16 Å². The highest BCUT2D eigenvalue weighted by Gasteiger charge is 2.30. The fourth-order valence-electron chi connectivity index (χ4n) is 2.09. The maximum atomic E-state index is 12.6. The minimum atomic E-state index is -4.47. The Labute approximate surface area is 141 Å². The quantitative estimate of drug-likeness (QED) is 0.894. The third kappa shape index (κ3) is 4.82. The van der Waals surface area contributed by atoms with Gasteiger partial charge in [0.2, 0.25) is 5.91 Å². The van der Waals surface area contributed by atoms with Gasteiger partial charge >= 0.3 is 6.18 Å². The Morgan fingerprint density at radius 3 is 2.36 bits per heavy atom. The Morgan fingerprint density at radius 2 is 1.88 bits per heavy atom. The van der Waals surface area contributed by atoms with Crippen LogP contribution in [0, 0.1) is 6.92 Å². The molecule has 0 bridgehead atoms. The molecule has 0 aliphatic rings. The van der Waals surface area contributed by atoms with E-state index in [4.69, 9.17) is 4.52 Å². The number of likely N-dealkylation sites (N-methyl/N-ethyl adjacent to an activating group) is 1. The lowest BCUT2D eigenvalue weighted by atomic mass is 10.1. The average molecular weight is 355 g/mol. The Balaban J connectivity index is 2.03. The molecule has 0 aliphatic carbocycles. The molecule has 0 fully saturated rings. The van der Waals surface area contributed by atoms with Crippen LogP contribution in [0.3, 0.4) is 0 Å². The smallest absolute Gasteiger partial charge is 0.360 e. The predicted octanol–water partition coefficient (Wildman–Crippen LogP) is 3.10. The van der Waals surface area contributed by atoms with E-state index in [1.165, 1.54) is 11.0 Å². The molecule has 2 amide bonds. The number of nitrogens with one attached hydrogen (secondary N) is 1. The Hall–Kier alpha value is -2.84. The van der Waals surface area contributed by atoms with Crippen molar-refractivity contribution in [3.05, 3.63) is 47.2 Å². The molecule has 1 aromatic heterocycles. The zero-order valence-corrected chi connectivity index (χ0v) is 13.6. The zero-order chi connectivity index (χ0) is 18.6. The Kier molecular flexibility index (Phi) is 5.45. The molecule has 9 heteroatoms. The highest BCUT2D eigenvalue weighted by molar-refractivity contribution is 5.99. The molecule has 6 nitrogen and oxygen atoms in total. The molecule has 0 saturated carbocycles. The summed E-state index contributed by atoms with van der Waals surface area (Å²) in [4.78, 5) is 25.5. The number of aromatic nitrogens is 1. The molecule has 2 rings (SSSR count). The summed E-state index contributed by atoms with van der Waals surface area (Å²) in [6.45, 7) is 3.28. The molecular formula is C16H16F3N3O3. The van der Waals surface area contributed by atoms with Crippen molar-refractivity contribution in [2.75, 3.05) is 18.4 Å². The summed E-state index contributed by atoms with van der Waals surface area (Å²) >= 11 is 0. The summed E-state index contributed by atoms with van der Waals surface area (Å²) in [7, 11) is 0. The number of alkyl halides is 3. The highest BCUT2D eigenvalue weighted by Crippen LogP contribution is 2.29. The van der Waals surface area contributed by atoms with Crippen molar-refractivity contribution in [1.82, 2.24) is 10.1 Å². The normalized spacial score (nSPS) is 11.2. The van der Waals surface area contributed by atoms with E-state index in [-0.39, 0.29) is 24.5 Å². The fourth-order valence-corrected chi connectivity index (χ4v) is 2.09. The topological polar surface area (TPSA) is 75.4 Å². The second-order valence-corrected chi connectivity index (χ2v) is 5.27. The van der Waals surface area contributed by atoms with Crippen LogP contribution in [0.1, 0.15) is 28.6 Å². The van der Waals surface area contributed by atoms with Crippen molar-refractivity contribution in [2.24, 2.45) is 0 Å². The standard InChI is InChI=1S/C16H16F3N3O3/c1-3-22(9-14(23)20-13-8-10(2)25-21-13)15(24)11-4-6-12(7-5-11)16(17,18)19/h4-8H,3,9H2,1-2H3,(H,20,21,23). The average Bonchev–Trinajstić information content (AvgIpc) is 2.96. The fraction of sp³-hybridized carbons (Fsp3) is 0.312. The molecule has 0 spiro atoms. The zero-order valence-electron chi connectivity index (χ0n) is 13.6. The van der Waals surface area contributed by atoms with Gasteiger partial charge in [0.15, 0.2) is 5.82 Å². The summed E-state index contributed by atoms with van der Waals surface area (Å²) < 4.78 is 42.5. The molecule has 25 heavy (non-hydrogen) atoms. The van der Waals surface area contributed by atoms with Crippen LogP contribution >= 0.6 is 0 Å². The predicted molar refractivity (Wildman–Crippen MR) is 82.9 cm³/mol. The number of halogens is 3. The Bertz CT molecular complexity index is 754. The van der Waals surface area contributed by atoms with Crippen LogP contribution < -0.4 is 5.32 Å². The molecule has 0 radical (unpaired) electrons. The molecule has 134 valence electrons. The molecule has 1 heterocycles. The summed E-state index contributed by atoms with van der Waals surface area (Å²) in [5.74, 6) is -0.290. The van der Waals surface area contributed by atoms with Gasteiger partial charge in [0.05, 0.1) is 5.56 Å². The van der Waals surface area contributed by atoms with Gasteiger partial charge in [0.25, 0.3) is 5.91 Å². The van der Waals surface area contributed by atoms with Gasteiger partial charge < -0.3 is 14.7 Å². The van der Waals surface area contributed by atoms with E-state index in [2.05, 4.69) is 10.5 Å². The van der Waals surface area contributed by atoms with E-state index < -0.39 is 23.6 Å². The van der Waals surface area contributed by atoms with Gasteiger partial charge in [-0.2, -0.15) is 13.2 Å². The maximum Gasteiger partial charge on any atom is 0.416 e. The van der Waals surface area contributed by atoms with Gasteiger partial charge in [-0.05, 0) is 38.1 Å². The minimum Gasteiger partial charge on any atom is -0.360 e. The highest BCUT2D eigenvalue weighted by atomic mass is 19.4.